The fraction of sp³-hybridized carbons (Fsp3) is 0.227. The van der Waals surface area contributed by atoms with E-state index >= 15 is 0 Å². The summed E-state index contributed by atoms with van der Waals surface area (Å²) in [4.78, 5) is 12.6. The first-order valence-electron chi connectivity index (χ1n) is 9.02. The van der Waals surface area contributed by atoms with Crippen molar-refractivity contribution in [1.82, 2.24) is 5.32 Å². The highest BCUT2D eigenvalue weighted by Crippen LogP contribution is 2.37. The largest absolute Gasteiger partial charge is 0.490 e. The van der Waals surface area contributed by atoms with Gasteiger partial charge in [-0.15, -0.1) is 0 Å². The van der Waals surface area contributed by atoms with E-state index in [4.69, 9.17) is 4.74 Å². The number of para-hydroxylation sites is 1. The summed E-state index contributed by atoms with van der Waals surface area (Å²) in [5, 5.41) is 8.73. The Morgan fingerprint density at radius 3 is 2.62 bits per heavy atom. The molecule has 132 valence electrons. The van der Waals surface area contributed by atoms with Crippen LogP contribution in [0.25, 0.3) is 10.8 Å². The van der Waals surface area contributed by atoms with Crippen molar-refractivity contribution in [3.8, 4) is 5.75 Å². The molecule has 2 N–H and O–H groups in total. The Balaban J connectivity index is 1.84. The number of amides is 1. The Morgan fingerprint density at radius 1 is 1.00 bits per heavy atom. The van der Waals surface area contributed by atoms with Gasteiger partial charge in [0.15, 0.2) is 0 Å². The lowest BCUT2D eigenvalue weighted by atomic mass is 9.98. The second kappa shape index (κ2) is 6.71. The van der Waals surface area contributed by atoms with Gasteiger partial charge in [-0.05, 0) is 42.3 Å². The maximum Gasteiger partial charge on any atom is 0.255 e. The van der Waals surface area contributed by atoms with Gasteiger partial charge < -0.3 is 15.4 Å². The zero-order valence-electron chi connectivity index (χ0n) is 15.0. The minimum atomic E-state index is -0.345. The molecule has 26 heavy (non-hydrogen) atoms. The highest BCUT2D eigenvalue weighted by molar-refractivity contribution is 6.02. The van der Waals surface area contributed by atoms with Crippen molar-refractivity contribution in [1.29, 1.82) is 0 Å². The van der Waals surface area contributed by atoms with E-state index < -0.39 is 0 Å². The molecule has 1 aliphatic heterocycles. The summed E-state index contributed by atoms with van der Waals surface area (Å²) in [6.07, 6.45) is 0.670. The average Bonchev–Trinajstić information content (AvgIpc) is 2.67. The summed E-state index contributed by atoms with van der Waals surface area (Å²) >= 11 is 0. The number of carbonyl (C=O) groups excluding carboxylic acids is 1. The van der Waals surface area contributed by atoms with Crippen LogP contribution < -0.4 is 15.4 Å². The van der Waals surface area contributed by atoms with Crippen LogP contribution >= 0.6 is 0 Å². The molecule has 0 saturated heterocycles. The molecule has 0 saturated carbocycles. The van der Waals surface area contributed by atoms with E-state index in [2.05, 4.69) is 42.7 Å². The SMILES string of the molecule is CCC(C)Oc1ccc2ccccc2c1C1NC(=O)c2ccccc2N1. The van der Waals surface area contributed by atoms with Gasteiger partial charge in [-0.3, -0.25) is 4.79 Å². The number of fused-ring (bicyclic) bond motifs is 2. The van der Waals surface area contributed by atoms with Crippen LogP contribution in [0.4, 0.5) is 5.69 Å². The second-order valence-electron chi connectivity index (χ2n) is 6.63. The van der Waals surface area contributed by atoms with Crippen molar-refractivity contribution in [2.45, 2.75) is 32.5 Å². The average molecular weight is 346 g/mol. The van der Waals surface area contributed by atoms with Crippen molar-refractivity contribution >= 4 is 22.4 Å². The van der Waals surface area contributed by atoms with E-state index in [1.807, 2.05) is 42.5 Å². The quantitative estimate of drug-likeness (QED) is 0.708. The third kappa shape index (κ3) is 2.88. The molecule has 4 rings (SSSR count). The predicted molar refractivity (Wildman–Crippen MR) is 105 cm³/mol. The zero-order valence-corrected chi connectivity index (χ0v) is 15.0. The first kappa shape index (κ1) is 16.5. The summed E-state index contributed by atoms with van der Waals surface area (Å²) in [5.74, 6) is 0.724. The van der Waals surface area contributed by atoms with Crippen LogP contribution in [-0.4, -0.2) is 12.0 Å². The molecule has 0 aromatic heterocycles. The molecule has 0 fully saturated rings. The summed E-state index contributed by atoms with van der Waals surface area (Å²) in [6, 6.07) is 19.8. The number of hydrogen-bond donors (Lipinski definition) is 2. The lowest BCUT2D eigenvalue weighted by molar-refractivity contribution is 0.0935. The van der Waals surface area contributed by atoms with Gasteiger partial charge in [-0.2, -0.15) is 0 Å². The number of rotatable bonds is 4. The number of ether oxygens (including phenoxy) is 1. The van der Waals surface area contributed by atoms with Crippen molar-refractivity contribution < 1.29 is 9.53 Å². The standard InChI is InChI=1S/C22H22N2O2/c1-3-14(2)26-19-13-12-15-8-4-5-9-16(15)20(19)21-23-18-11-7-6-10-17(18)22(25)24-21/h4-14,21,23H,3H2,1-2H3,(H,24,25). The summed E-state index contributed by atoms with van der Waals surface area (Å²) < 4.78 is 6.19. The van der Waals surface area contributed by atoms with Crippen molar-refractivity contribution in [2.24, 2.45) is 0 Å². The van der Waals surface area contributed by atoms with Crippen LogP contribution in [0.15, 0.2) is 60.7 Å². The van der Waals surface area contributed by atoms with E-state index in [1.165, 1.54) is 0 Å². The lowest BCUT2D eigenvalue weighted by Crippen LogP contribution is -2.38. The first-order valence-corrected chi connectivity index (χ1v) is 9.02. The third-order valence-electron chi connectivity index (χ3n) is 4.87. The van der Waals surface area contributed by atoms with Crippen molar-refractivity contribution in [2.75, 3.05) is 5.32 Å². The van der Waals surface area contributed by atoms with E-state index in [0.29, 0.717) is 5.56 Å². The molecule has 3 aromatic carbocycles. The maximum absolute atomic E-state index is 12.6. The second-order valence-corrected chi connectivity index (χ2v) is 6.63. The molecule has 4 nitrogen and oxygen atoms in total. The molecule has 1 aliphatic rings. The van der Waals surface area contributed by atoms with Crippen LogP contribution in [-0.2, 0) is 0 Å². The Hall–Kier alpha value is -3.01. The van der Waals surface area contributed by atoms with Crippen LogP contribution in [0, 0.1) is 0 Å². The van der Waals surface area contributed by atoms with E-state index in [0.717, 1.165) is 34.2 Å². The molecule has 3 aromatic rings. The lowest BCUT2D eigenvalue weighted by Gasteiger charge is -2.30. The van der Waals surface area contributed by atoms with Gasteiger partial charge in [0, 0.05) is 11.3 Å². The molecule has 2 atom stereocenters. The van der Waals surface area contributed by atoms with Gasteiger partial charge in [-0.25, -0.2) is 0 Å². The predicted octanol–water partition coefficient (Wildman–Crippen LogP) is 4.87. The molecule has 0 aliphatic carbocycles. The Labute approximate surface area is 153 Å². The first-order chi connectivity index (χ1) is 12.7. The van der Waals surface area contributed by atoms with Crippen LogP contribution in [0.3, 0.4) is 0 Å². The van der Waals surface area contributed by atoms with Gasteiger partial charge >= 0.3 is 0 Å². The molecule has 1 amide bonds. The summed E-state index contributed by atoms with van der Waals surface area (Å²) in [5.41, 5.74) is 2.46. The fourth-order valence-corrected chi connectivity index (χ4v) is 3.33. The van der Waals surface area contributed by atoms with Crippen molar-refractivity contribution in [3.63, 3.8) is 0 Å². The monoisotopic (exact) mass is 346 g/mol. The number of benzene rings is 3. The minimum Gasteiger partial charge on any atom is -0.490 e. The van der Waals surface area contributed by atoms with E-state index in [9.17, 15) is 4.79 Å². The Kier molecular flexibility index (Phi) is 4.25. The van der Waals surface area contributed by atoms with E-state index in [-0.39, 0.29) is 18.2 Å². The van der Waals surface area contributed by atoms with Crippen LogP contribution in [0.5, 0.6) is 5.75 Å². The smallest absolute Gasteiger partial charge is 0.255 e. The number of nitrogens with one attached hydrogen (secondary N) is 2. The van der Waals surface area contributed by atoms with Crippen LogP contribution in [0.2, 0.25) is 0 Å². The molecular formula is C22H22N2O2. The van der Waals surface area contributed by atoms with Gasteiger partial charge in [0.25, 0.3) is 5.91 Å². The third-order valence-corrected chi connectivity index (χ3v) is 4.87. The Morgan fingerprint density at radius 2 is 1.77 bits per heavy atom. The molecule has 0 spiro atoms. The maximum atomic E-state index is 12.6. The number of carbonyl (C=O) groups is 1. The van der Waals surface area contributed by atoms with Crippen molar-refractivity contribution in [3.05, 3.63) is 71.8 Å². The van der Waals surface area contributed by atoms with Gasteiger partial charge in [0.1, 0.15) is 11.9 Å². The normalized spacial score (nSPS) is 17.2. The summed E-state index contributed by atoms with van der Waals surface area (Å²) in [7, 11) is 0. The topological polar surface area (TPSA) is 50.4 Å². The number of anilines is 1. The minimum absolute atomic E-state index is 0.0771. The highest BCUT2D eigenvalue weighted by atomic mass is 16.5. The van der Waals surface area contributed by atoms with Gasteiger partial charge in [0.05, 0.1) is 11.7 Å². The van der Waals surface area contributed by atoms with E-state index in [1.54, 1.807) is 0 Å². The number of hydrogen-bond acceptors (Lipinski definition) is 3. The highest BCUT2D eigenvalue weighted by Gasteiger charge is 2.28. The molecule has 2 unspecified atom stereocenters. The fourth-order valence-electron chi connectivity index (χ4n) is 3.33. The molecule has 0 radical (unpaired) electrons. The molecule has 1 heterocycles. The summed E-state index contributed by atoms with van der Waals surface area (Å²) in [6.45, 7) is 4.16. The molecular weight excluding hydrogens is 324 g/mol. The van der Waals surface area contributed by atoms with Gasteiger partial charge in [-0.1, -0.05) is 49.4 Å². The molecule has 4 heteroatoms. The van der Waals surface area contributed by atoms with Crippen LogP contribution in [0.1, 0.15) is 42.4 Å². The van der Waals surface area contributed by atoms with Gasteiger partial charge in [0.2, 0.25) is 0 Å². The Bertz CT molecular complexity index is 967. The zero-order chi connectivity index (χ0) is 18.1. The molecule has 0 bridgehead atoms.